The maximum atomic E-state index is 12.4. The molecule has 0 saturated heterocycles. The van der Waals surface area contributed by atoms with Gasteiger partial charge in [0.05, 0.1) is 26.2 Å². The minimum absolute atomic E-state index is 0.00451. The number of nitrogens with zero attached hydrogens (tertiary/aromatic N) is 2. The second-order valence-corrected chi connectivity index (χ2v) is 8.77. The summed E-state index contributed by atoms with van der Waals surface area (Å²) < 4.78 is 0. The molecule has 0 spiro atoms. The number of aliphatic carboxylic acids is 3. The maximum Gasteiger partial charge on any atom is 0.317 e. The van der Waals surface area contributed by atoms with E-state index in [1.54, 1.807) is 0 Å². The fourth-order valence-corrected chi connectivity index (χ4v) is 3.27. The van der Waals surface area contributed by atoms with Crippen molar-refractivity contribution in [2.24, 2.45) is 5.41 Å². The number of hydrogen-bond acceptors (Lipinski definition) is 6. The fourth-order valence-electron chi connectivity index (χ4n) is 3.27. The minimum atomic E-state index is -1.19. The van der Waals surface area contributed by atoms with Crippen LogP contribution in [0.15, 0.2) is 0 Å². The van der Waals surface area contributed by atoms with E-state index in [4.69, 9.17) is 15.3 Å². The molecule has 0 aromatic rings. The van der Waals surface area contributed by atoms with E-state index in [1.165, 1.54) is 9.80 Å². The summed E-state index contributed by atoms with van der Waals surface area (Å²) in [6.45, 7) is 8.40. The van der Waals surface area contributed by atoms with Gasteiger partial charge in [-0.3, -0.25) is 29.0 Å². The van der Waals surface area contributed by atoms with Gasteiger partial charge in [0.2, 0.25) is 5.91 Å². The monoisotopic (exact) mass is 403 g/mol. The summed E-state index contributed by atoms with van der Waals surface area (Å²) in [6.07, 6.45) is 0.718. The van der Waals surface area contributed by atoms with Crippen molar-refractivity contribution in [3.8, 4) is 0 Å². The summed E-state index contributed by atoms with van der Waals surface area (Å²) in [5, 5.41) is 29.7. The van der Waals surface area contributed by atoms with Crippen molar-refractivity contribution < 1.29 is 34.5 Å². The Morgan fingerprint density at radius 3 is 1.39 bits per heavy atom. The second-order valence-electron chi connectivity index (χ2n) is 8.77. The first-order valence-corrected chi connectivity index (χ1v) is 9.01. The lowest BCUT2D eigenvalue weighted by Crippen LogP contribution is -2.51. The Morgan fingerprint density at radius 1 is 0.714 bits per heavy atom. The molecule has 0 aliphatic heterocycles. The maximum absolute atomic E-state index is 12.4. The Kier molecular flexibility index (Phi) is 10.1. The van der Waals surface area contributed by atoms with Crippen molar-refractivity contribution in [3.05, 3.63) is 0 Å². The van der Waals surface area contributed by atoms with Gasteiger partial charge < -0.3 is 20.6 Å². The SMILES string of the molecule is CC(C)(C)CC(C)(C)NC(=O)CN(CCN(CC(=O)O)CC(=O)O)CC(=O)O. The average Bonchev–Trinajstić information content (AvgIpc) is 2.38. The van der Waals surface area contributed by atoms with Gasteiger partial charge in [-0.25, -0.2) is 0 Å². The quantitative estimate of drug-likeness (QED) is 0.338. The molecule has 0 radical (unpaired) electrons. The molecule has 10 nitrogen and oxygen atoms in total. The van der Waals surface area contributed by atoms with Crippen LogP contribution in [0.5, 0.6) is 0 Å². The number of hydrogen-bond donors (Lipinski definition) is 4. The Bertz CT molecular complexity index is 554. The van der Waals surface area contributed by atoms with Crippen molar-refractivity contribution in [1.29, 1.82) is 0 Å². The molecule has 0 aliphatic rings. The molecule has 0 bridgehead atoms. The lowest BCUT2D eigenvalue weighted by Gasteiger charge is -2.34. The third-order valence-electron chi connectivity index (χ3n) is 3.63. The van der Waals surface area contributed by atoms with Crippen LogP contribution in [0.4, 0.5) is 0 Å². The molecule has 0 atom stereocenters. The molecule has 0 aromatic heterocycles. The van der Waals surface area contributed by atoms with Crippen LogP contribution in [0.25, 0.3) is 0 Å². The fraction of sp³-hybridized carbons (Fsp3) is 0.778. The van der Waals surface area contributed by atoms with E-state index in [1.807, 2.05) is 13.8 Å². The minimum Gasteiger partial charge on any atom is -0.480 e. The van der Waals surface area contributed by atoms with Gasteiger partial charge in [0.1, 0.15) is 0 Å². The Morgan fingerprint density at radius 2 is 1.07 bits per heavy atom. The largest absolute Gasteiger partial charge is 0.480 e. The summed E-state index contributed by atoms with van der Waals surface area (Å²) in [7, 11) is 0. The smallest absolute Gasteiger partial charge is 0.317 e. The molecule has 162 valence electrons. The summed E-state index contributed by atoms with van der Waals surface area (Å²) >= 11 is 0. The lowest BCUT2D eigenvalue weighted by molar-refractivity contribution is -0.143. The normalized spacial score (nSPS) is 12.2. The van der Waals surface area contributed by atoms with Crippen LogP contribution in [0.1, 0.15) is 41.0 Å². The van der Waals surface area contributed by atoms with Crippen LogP contribution < -0.4 is 5.32 Å². The predicted molar refractivity (Wildman–Crippen MR) is 102 cm³/mol. The topological polar surface area (TPSA) is 147 Å². The van der Waals surface area contributed by atoms with Gasteiger partial charge in [-0.05, 0) is 25.7 Å². The van der Waals surface area contributed by atoms with Gasteiger partial charge in [-0.1, -0.05) is 20.8 Å². The molecule has 0 aliphatic carbocycles. The van der Waals surface area contributed by atoms with Crippen molar-refractivity contribution in [2.75, 3.05) is 39.3 Å². The van der Waals surface area contributed by atoms with Crippen LogP contribution in [0.2, 0.25) is 0 Å². The molecular weight excluding hydrogens is 370 g/mol. The summed E-state index contributed by atoms with van der Waals surface area (Å²) in [4.78, 5) is 47.7. The highest BCUT2D eigenvalue weighted by Crippen LogP contribution is 2.26. The van der Waals surface area contributed by atoms with E-state index in [0.29, 0.717) is 0 Å². The molecule has 1 amide bonds. The van der Waals surface area contributed by atoms with Gasteiger partial charge in [0, 0.05) is 18.6 Å². The molecular formula is C18H33N3O7. The van der Waals surface area contributed by atoms with Gasteiger partial charge in [0.25, 0.3) is 0 Å². The summed E-state index contributed by atoms with van der Waals surface area (Å²) in [6, 6.07) is 0. The van der Waals surface area contributed by atoms with E-state index in [9.17, 15) is 19.2 Å². The average molecular weight is 403 g/mol. The van der Waals surface area contributed by atoms with Crippen LogP contribution in [-0.2, 0) is 19.2 Å². The number of carbonyl (C=O) groups excluding carboxylic acids is 1. The van der Waals surface area contributed by atoms with Crippen LogP contribution in [0.3, 0.4) is 0 Å². The predicted octanol–water partition coefficient (Wildman–Crippen LogP) is 0.175. The zero-order valence-corrected chi connectivity index (χ0v) is 17.3. The van der Waals surface area contributed by atoms with E-state index in [0.717, 1.165) is 6.42 Å². The van der Waals surface area contributed by atoms with Crippen LogP contribution in [-0.4, -0.2) is 93.7 Å². The van der Waals surface area contributed by atoms with E-state index >= 15 is 0 Å². The molecule has 4 N–H and O–H groups in total. The van der Waals surface area contributed by atoms with Crippen molar-refractivity contribution >= 4 is 23.8 Å². The third-order valence-corrected chi connectivity index (χ3v) is 3.63. The van der Waals surface area contributed by atoms with Crippen molar-refractivity contribution in [2.45, 2.75) is 46.6 Å². The van der Waals surface area contributed by atoms with Crippen LogP contribution >= 0.6 is 0 Å². The highest BCUT2D eigenvalue weighted by Gasteiger charge is 2.28. The number of rotatable bonds is 13. The first-order chi connectivity index (χ1) is 12.6. The third kappa shape index (κ3) is 13.9. The summed E-state index contributed by atoms with van der Waals surface area (Å²) in [5.74, 6) is -3.86. The van der Waals surface area contributed by atoms with Crippen molar-refractivity contribution in [3.63, 3.8) is 0 Å². The van der Waals surface area contributed by atoms with E-state index in [-0.39, 0.29) is 31.0 Å². The van der Waals surface area contributed by atoms with Gasteiger partial charge >= 0.3 is 17.9 Å². The van der Waals surface area contributed by atoms with Crippen molar-refractivity contribution in [1.82, 2.24) is 15.1 Å². The first kappa shape index (κ1) is 25.8. The number of nitrogens with one attached hydrogen (secondary N) is 1. The zero-order valence-electron chi connectivity index (χ0n) is 17.3. The summed E-state index contributed by atoms with van der Waals surface area (Å²) in [5.41, 5.74) is -0.491. The number of carboxylic acid groups (broad SMARTS) is 3. The molecule has 0 fully saturated rings. The zero-order chi connectivity index (χ0) is 22.1. The van der Waals surface area contributed by atoms with E-state index < -0.39 is 43.1 Å². The first-order valence-electron chi connectivity index (χ1n) is 9.01. The van der Waals surface area contributed by atoms with E-state index in [2.05, 4.69) is 26.1 Å². The molecule has 0 unspecified atom stereocenters. The second kappa shape index (κ2) is 11.0. The van der Waals surface area contributed by atoms with Crippen LogP contribution in [0, 0.1) is 5.41 Å². The number of amides is 1. The number of carboxylic acids is 3. The molecule has 0 heterocycles. The van der Waals surface area contributed by atoms with Gasteiger partial charge in [-0.2, -0.15) is 0 Å². The molecule has 28 heavy (non-hydrogen) atoms. The Balaban J connectivity index is 4.92. The lowest BCUT2D eigenvalue weighted by atomic mass is 9.82. The molecule has 0 saturated carbocycles. The molecule has 0 aromatic carbocycles. The molecule has 10 heteroatoms. The highest BCUT2D eigenvalue weighted by molar-refractivity contribution is 5.79. The standard InChI is InChI=1S/C18H33N3O7/c1-17(2,3)12-18(4,5)19-13(22)8-20(9-14(23)24)6-7-21(10-15(25)26)11-16(27)28/h6-12H2,1-5H3,(H,19,22)(H,23,24)(H,25,26)(H,27,28). The Hall–Kier alpha value is -2.20. The van der Waals surface area contributed by atoms with Gasteiger partial charge in [-0.15, -0.1) is 0 Å². The Labute approximate surface area is 165 Å². The number of carbonyl (C=O) groups is 4. The van der Waals surface area contributed by atoms with Gasteiger partial charge in [0.15, 0.2) is 0 Å². The highest BCUT2D eigenvalue weighted by atomic mass is 16.4. The molecule has 0 rings (SSSR count).